The first kappa shape index (κ1) is 19.6. The molecule has 1 fully saturated rings. The largest absolute Gasteiger partial charge is 0.478 e. The summed E-state index contributed by atoms with van der Waals surface area (Å²) >= 11 is 0. The Morgan fingerprint density at radius 2 is 1.50 bits per heavy atom. The summed E-state index contributed by atoms with van der Waals surface area (Å²) in [5.74, 6) is -0.811. The molecule has 1 aliphatic rings. The summed E-state index contributed by atoms with van der Waals surface area (Å²) in [6, 6.07) is 13.8. The van der Waals surface area contributed by atoms with Crippen LogP contribution in [0.15, 0.2) is 48.5 Å². The number of benzene rings is 2. The van der Waals surface area contributed by atoms with Crippen LogP contribution < -0.4 is 5.32 Å². The summed E-state index contributed by atoms with van der Waals surface area (Å²) in [6.45, 7) is 1.19. The molecule has 6 nitrogen and oxygen atoms in total. The normalized spacial score (nSPS) is 14.5. The van der Waals surface area contributed by atoms with Gasteiger partial charge in [-0.25, -0.2) is 4.79 Å². The van der Waals surface area contributed by atoms with Crippen LogP contribution in [0.5, 0.6) is 0 Å². The standard InChI is InChI=1S/C22H24N2O4/c1-23-20(25)14-15-10-12-24(13-11-15)21(26)18-8-4-2-6-16(18)17-7-3-5-9-19(17)22(27)28/h2-9,15H,10-14H2,1H3,(H,23,25)(H,27,28). The molecular weight excluding hydrogens is 356 g/mol. The topological polar surface area (TPSA) is 86.7 Å². The Labute approximate surface area is 164 Å². The SMILES string of the molecule is CNC(=O)CC1CCN(C(=O)c2ccccc2-c2ccccc2C(=O)O)CC1. The van der Waals surface area contributed by atoms with E-state index in [-0.39, 0.29) is 23.3 Å². The quantitative estimate of drug-likeness (QED) is 0.835. The fourth-order valence-corrected chi connectivity index (χ4v) is 3.68. The second kappa shape index (κ2) is 8.69. The number of carboxylic acid groups (broad SMARTS) is 1. The molecule has 1 saturated heterocycles. The molecule has 2 N–H and O–H groups in total. The van der Waals surface area contributed by atoms with Gasteiger partial charge in [-0.15, -0.1) is 0 Å². The molecule has 28 heavy (non-hydrogen) atoms. The van der Waals surface area contributed by atoms with Crippen LogP contribution >= 0.6 is 0 Å². The van der Waals surface area contributed by atoms with Crippen LogP contribution in [-0.4, -0.2) is 47.9 Å². The van der Waals surface area contributed by atoms with Crippen molar-refractivity contribution in [1.29, 1.82) is 0 Å². The summed E-state index contributed by atoms with van der Waals surface area (Å²) in [5, 5.41) is 12.1. The molecule has 1 heterocycles. The number of amides is 2. The second-order valence-corrected chi connectivity index (χ2v) is 7.01. The maximum absolute atomic E-state index is 13.2. The van der Waals surface area contributed by atoms with Gasteiger partial charge in [-0.05, 0) is 42.0 Å². The molecule has 0 aliphatic carbocycles. The van der Waals surface area contributed by atoms with Crippen molar-refractivity contribution in [1.82, 2.24) is 10.2 Å². The highest BCUT2D eigenvalue weighted by Crippen LogP contribution is 2.29. The molecular formula is C22H24N2O4. The van der Waals surface area contributed by atoms with E-state index in [1.807, 2.05) is 0 Å². The van der Waals surface area contributed by atoms with Crippen molar-refractivity contribution in [3.63, 3.8) is 0 Å². The van der Waals surface area contributed by atoms with E-state index in [0.717, 1.165) is 12.8 Å². The molecule has 0 atom stereocenters. The Kier molecular flexibility index (Phi) is 6.09. The van der Waals surface area contributed by atoms with Crippen LogP contribution in [0.2, 0.25) is 0 Å². The highest BCUT2D eigenvalue weighted by Gasteiger charge is 2.27. The molecule has 0 spiro atoms. The van der Waals surface area contributed by atoms with E-state index in [0.29, 0.717) is 36.2 Å². The van der Waals surface area contributed by atoms with Gasteiger partial charge in [0.25, 0.3) is 5.91 Å². The third-order valence-electron chi connectivity index (χ3n) is 5.26. The Bertz CT molecular complexity index is 886. The van der Waals surface area contributed by atoms with Crippen molar-refractivity contribution in [2.45, 2.75) is 19.3 Å². The maximum atomic E-state index is 13.2. The predicted molar refractivity (Wildman–Crippen MR) is 106 cm³/mol. The van der Waals surface area contributed by atoms with Gasteiger partial charge >= 0.3 is 5.97 Å². The molecule has 3 rings (SSSR count). The minimum atomic E-state index is -1.02. The van der Waals surface area contributed by atoms with Gasteiger partial charge in [0, 0.05) is 32.1 Å². The summed E-state index contributed by atoms with van der Waals surface area (Å²) in [4.78, 5) is 38.1. The fourth-order valence-electron chi connectivity index (χ4n) is 3.68. The molecule has 0 bridgehead atoms. The van der Waals surface area contributed by atoms with Crippen molar-refractivity contribution in [2.75, 3.05) is 20.1 Å². The number of rotatable bonds is 5. The van der Waals surface area contributed by atoms with Crippen LogP contribution in [0.4, 0.5) is 0 Å². The van der Waals surface area contributed by atoms with Gasteiger partial charge in [0.1, 0.15) is 0 Å². The first-order valence-corrected chi connectivity index (χ1v) is 9.43. The predicted octanol–water partition coefficient (Wildman–Crippen LogP) is 3.04. The van der Waals surface area contributed by atoms with Gasteiger partial charge in [-0.2, -0.15) is 0 Å². The van der Waals surface area contributed by atoms with Crippen molar-refractivity contribution >= 4 is 17.8 Å². The van der Waals surface area contributed by atoms with E-state index in [2.05, 4.69) is 5.32 Å². The lowest BCUT2D eigenvalue weighted by Crippen LogP contribution is -2.39. The number of carbonyl (C=O) groups excluding carboxylic acids is 2. The zero-order valence-electron chi connectivity index (χ0n) is 15.9. The van der Waals surface area contributed by atoms with Crippen LogP contribution in [0.3, 0.4) is 0 Å². The molecule has 0 aromatic heterocycles. The van der Waals surface area contributed by atoms with E-state index < -0.39 is 5.97 Å². The first-order valence-electron chi connectivity index (χ1n) is 9.43. The average Bonchev–Trinajstić information content (AvgIpc) is 2.73. The number of hydrogen-bond acceptors (Lipinski definition) is 3. The lowest BCUT2D eigenvalue weighted by Gasteiger charge is -2.32. The Hall–Kier alpha value is -3.15. The van der Waals surface area contributed by atoms with Crippen LogP contribution in [0.25, 0.3) is 11.1 Å². The first-order chi connectivity index (χ1) is 13.5. The monoisotopic (exact) mass is 380 g/mol. The van der Waals surface area contributed by atoms with Gasteiger partial charge in [0.2, 0.25) is 5.91 Å². The van der Waals surface area contributed by atoms with Gasteiger partial charge in [0.15, 0.2) is 0 Å². The fraction of sp³-hybridized carbons (Fsp3) is 0.318. The van der Waals surface area contributed by atoms with E-state index >= 15 is 0 Å². The number of aromatic carboxylic acids is 1. The molecule has 146 valence electrons. The third-order valence-corrected chi connectivity index (χ3v) is 5.26. The maximum Gasteiger partial charge on any atom is 0.336 e. The highest BCUT2D eigenvalue weighted by molar-refractivity contribution is 6.04. The van der Waals surface area contributed by atoms with Crippen molar-refractivity contribution < 1.29 is 19.5 Å². The number of nitrogens with one attached hydrogen (secondary N) is 1. The summed E-state index contributed by atoms with van der Waals surface area (Å²) in [5.41, 5.74) is 1.83. The van der Waals surface area contributed by atoms with Crippen LogP contribution in [0.1, 0.15) is 40.0 Å². The van der Waals surface area contributed by atoms with Crippen molar-refractivity contribution in [3.8, 4) is 11.1 Å². The Balaban J connectivity index is 1.82. The number of carboxylic acids is 1. The second-order valence-electron chi connectivity index (χ2n) is 7.01. The number of likely N-dealkylation sites (tertiary alicyclic amines) is 1. The van der Waals surface area contributed by atoms with Gasteiger partial charge in [0.05, 0.1) is 5.56 Å². The van der Waals surface area contributed by atoms with Gasteiger partial charge < -0.3 is 15.3 Å². The minimum absolute atomic E-state index is 0.0281. The Morgan fingerprint density at radius 3 is 2.07 bits per heavy atom. The van der Waals surface area contributed by atoms with Crippen LogP contribution in [0, 0.1) is 5.92 Å². The summed E-state index contributed by atoms with van der Waals surface area (Å²) in [6.07, 6.45) is 2.06. The lowest BCUT2D eigenvalue weighted by molar-refractivity contribution is -0.121. The Morgan fingerprint density at radius 1 is 0.964 bits per heavy atom. The summed E-state index contributed by atoms with van der Waals surface area (Å²) < 4.78 is 0. The number of hydrogen-bond donors (Lipinski definition) is 2. The molecule has 0 unspecified atom stereocenters. The van der Waals surface area contributed by atoms with E-state index in [1.165, 1.54) is 0 Å². The molecule has 6 heteroatoms. The van der Waals surface area contributed by atoms with Gasteiger partial charge in [-0.3, -0.25) is 9.59 Å². The molecule has 2 aromatic carbocycles. The number of carbonyl (C=O) groups is 3. The molecule has 0 radical (unpaired) electrons. The smallest absolute Gasteiger partial charge is 0.336 e. The highest BCUT2D eigenvalue weighted by atomic mass is 16.4. The molecule has 1 aliphatic heterocycles. The number of piperidine rings is 1. The third kappa shape index (κ3) is 4.22. The molecule has 0 saturated carbocycles. The van der Waals surface area contributed by atoms with E-state index in [4.69, 9.17) is 0 Å². The molecule has 2 amide bonds. The molecule has 2 aromatic rings. The number of nitrogens with zero attached hydrogens (tertiary/aromatic N) is 1. The van der Waals surface area contributed by atoms with E-state index in [9.17, 15) is 19.5 Å². The van der Waals surface area contributed by atoms with Crippen molar-refractivity contribution in [3.05, 3.63) is 59.7 Å². The average molecular weight is 380 g/mol. The lowest BCUT2D eigenvalue weighted by atomic mass is 9.91. The zero-order valence-corrected chi connectivity index (χ0v) is 15.9. The zero-order chi connectivity index (χ0) is 20.1. The van der Waals surface area contributed by atoms with Crippen molar-refractivity contribution in [2.24, 2.45) is 5.92 Å². The summed E-state index contributed by atoms with van der Waals surface area (Å²) in [7, 11) is 1.63. The minimum Gasteiger partial charge on any atom is -0.478 e. The van der Waals surface area contributed by atoms with E-state index in [1.54, 1.807) is 60.5 Å². The van der Waals surface area contributed by atoms with Gasteiger partial charge in [-0.1, -0.05) is 36.4 Å². The van der Waals surface area contributed by atoms with Crippen LogP contribution in [-0.2, 0) is 4.79 Å².